The first kappa shape index (κ1) is 26.0. The van der Waals surface area contributed by atoms with Gasteiger partial charge in [-0.05, 0) is 44.0 Å². The largest absolute Gasteiger partial charge is 0.380 e. The van der Waals surface area contributed by atoms with Crippen molar-refractivity contribution in [3.05, 3.63) is 65.2 Å². The number of ether oxygens (including phenoxy) is 1. The molecule has 2 aliphatic rings. The summed E-state index contributed by atoms with van der Waals surface area (Å²) in [6.07, 6.45) is 3.83. The SMILES string of the molecule is CC1CN(Cc2noc(-c3cncc([C@@](O)(c4ccc(C(C)C)cc4)C4(C)CN(C)C4)c3)n2)CC(C)O1. The second-order valence-electron chi connectivity index (χ2n) is 11.6. The van der Waals surface area contributed by atoms with E-state index in [1.165, 1.54) is 5.56 Å². The van der Waals surface area contributed by atoms with Crippen LogP contribution in [0, 0.1) is 5.41 Å². The van der Waals surface area contributed by atoms with Crippen LogP contribution >= 0.6 is 0 Å². The zero-order valence-corrected chi connectivity index (χ0v) is 22.8. The Kier molecular flexibility index (Phi) is 6.96. The molecule has 2 aliphatic heterocycles. The summed E-state index contributed by atoms with van der Waals surface area (Å²) in [5.74, 6) is 1.47. The maximum absolute atomic E-state index is 12.5. The van der Waals surface area contributed by atoms with E-state index in [0.717, 1.165) is 37.3 Å². The van der Waals surface area contributed by atoms with Crippen LogP contribution in [-0.2, 0) is 16.9 Å². The molecule has 0 aliphatic carbocycles. The summed E-state index contributed by atoms with van der Waals surface area (Å²) in [6, 6.07) is 10.3. The van der Waals surface area contributed by atoms with Gasteiger partial charge in [0.2, 0.25) is 0 Å². The van der Waals surface area contributed by atoms with Crippen molar-refractivity contribution < 1.29 is 14.4 Å². The van der Waals surface area contributed by atoms with E-state index in [1.807, 2.05) is 6.07 Å². The van der Waals surface area contributed by atoms with Gasteiger partial charge < -0.3 is 19.3 Å². The first-order chi connectivity index (χ1) is 17.6. The van der Waals surface area contributed by atoms with E-state index in [0.29, 0.717) is 29.7 Å². The molecular weight excluding hydrogens is 466 g/mol. The molecule has 198 valence electrons. The highest BCUT2D eigenvalue weighted by molar-refractivity contribution is 5.55. The van der Waals surface area contributed by atoms with Crippen LogP contribution in [0.5, 0.6) is 0 Å². The zero-order chi connectivity index (χ0) is 26.4. The molecule has 37 heavy (non-hydrogen) atoms. The number of hydrogen-bond donors (Lipinski definition) is 1. The van der Waals surface area contributed by atoms with Gasteiger partial charge in [-0.2, -0.15) is 4.98 Å². The summed E-state index contributed by atoms with van der Waals surface area (Å²) in [7, 11) is 2.08. The molecule has 0 bridgehead atoms. The minimum atomic E-state index is -1.22. The molecule has 5 rings (SSSR count). The van der Waals surface area contributed by atoms with E-state index in [1.54, 1.807) is 12.4 Å². The molecule has 3 aromatic rings. The number of aromatic nitrogens is 3. The van der Waals surface area contributed by atoms with Crippen molar-refractivity contribution in [1.82, 2.24) is 24.9 Å². The van der Waals surface area contributed by atoms with Gasteiger partial charge in [0.05, 0.1) is 24.3 Å². The third-order valence-electron chi connectivity index (χ3n) is 7.84. The number of likely N-dealkylation sites (tertiary alicyclic amines) is 1. The molecule has 0 radical (unpaired) electrons. The number of morpholine rings is 1. The lowest BCUT2D eigenvalue weighted by atomic mass is 9.62. The van der Waals surface area contributed by atoms with Crippen LogP contribution in [0.1, 0.15) is 63.1 Å². The molecule has 1 N–H and O–H groups in total. The van der Waals surface area contributed by atoms with Gasteiger partial charge in [0.1, 0.15) is 5.60 Å². The molecule has 4 heterocycles. The summed E-state index contributed by atoms with van der Waals surface area (Å²) in [4.78, 5) is 13.7. The Hall–Kier alpha value is -2.65. The highest BCUT2D eigenvalue weighted by atomic mass is 16.5. The first-order valence-corrected chi connectivity index (χ1v) is 13.2. The van der Waals surface area contributed by atoms with Gasteiger partial charge in [0, 0.05) is 49.6 Å². The number of aliphatic hydroxyl groups is 1. The monoisotopic (exact) mass is 505 g/mol. The molecule has 2 fully saturated rings. The number of nitrogens with zero attached hydrogens (tertiary/aromatic N) is 5. The van der Waals surface area contributed by atoms with Gasteiger partial charge >= 0.3 is 0 Å². The highest BCUT2D eigenvalue weighted by Gasteiger charge is 2.55. The molecular formula is C29H39N5O3. The van der Waals surface area contributed by atoms with Crippen molar-refractivity contribution in [2.45, 2.75) is 64.9 Å². The molecule has 2 unspecified atom stereocenters. The fourth-order valence-electron chi connectivity index (χ4n) is 6.15. The quantitative estimate of drug-likeness (QED) is 0.515. The molecule has 8 nitrogen and oxygen atoms in total. The number of benzene rings is 1. The first-order valence-electron chi connectivity index (χ1n) is 13.2. The Morgan fingerprint density at radius 2 is 1.76 bits per heavy atom. The van der Waals surface area contributed by atoms with E-state index in [4.69, 9.17) is 9.26 Å². The number of pyridine rings is 1. The Morgan fingerprint density at radius 1 is 1.08 bits per heavy atom. The van der Waals surface area contributed by atoms with Crippen molar-refractivity contribution in [2.24, 2.45) is 5.41 Å². The molecule has 8 heteroatoms. The van der Waals surface area contributed by atoms with Gasteiger partial charge in [-0.1, -0.05) is 50.2 Å². The van der Waals surface area contributed by atoms with E-state index < -0.39 is 5.60 Å². The molecule has 0 amide bonds. The van der Waals surface area contributed by atoms with Gasteiger partial charge in [0.25, 0.3) is 5.89 Å². The molecule has 3 atom stereocenters. The molecule has 2 saturated heterocycles. The molecule has 0 saturated carbocycles. The normalized spacial score (nSPS) is 24.1. The van der Waals surface area contributed by atoms with Crippen molar-refractivity contribution in [3.8, 4) is 11.5 Å². The topological polar surface area (TPSA) is 87.8 Å². The second kappa shape index (κ2) is 9.91. The van der Waals surface area contributed by atoms with Crippen molar-refractivity contribution in [3.63, 3.8) is 0 Å². The average molecular weight is 506 g/mol. The van der Waals surface area contributed by atoms with Gasteiger partial charge in [-0.25, -0.2) is 0 Å². The summed E-state index contributed by atoms with van der Waals surface area (Å²) in [5, 5.41) is 16.7. The molecule has 1 aromatic carbocycles. The van der Waals surface area contributed by atoms with Crippen LogP contribution in [0.3, 0.4) is 0 Å². The van der Waals surface area contributed by atoms with E-state index in [2.05, 4.69) is 90.9 Å². The molecule has 2 aromatic heterocycles. The number of rotatable bonds is 7. The minimum absolute atomic E-state index is 0.176. The average Bonchev–Trinajstić information content (AvgIpc) is 3.30. The lowest BCUT2D eigenvalue weighted by molar-refractivity contribution is -0.127. The van der Waals surface area contributed by atoms with Gasteiger partial charge in [-0.3, -0.25) is 9.88 Å². The summed E-state index contributed by atoms with van der Waals surface area (Å²) < 4.78 is 11.5. The van der Waals surface area contributed by atoms with E-state index >= 15 is 0 Å². The molecule has 0 spiro atoms. The van der Waals surface area contributed by atoms with Crippen molar-refractivity contribution in [1.29, 1.82) is 0 Å². The zero-order valence-electron chi connectivity index (χ0n) is 22.8. The minimum Gasteiger partial charge on any atom is -0.380 e. The smallest absolute Gasteiger partial charge is 0.259 e. The summed E-state index contributed by atoms with van der Waals surface area (Å²) >= 11 is 0. The van der Waals surface area contributed by atoms with Gasteiger partial charge in [0.15, 0.2) is 5.82 Å². The summed E-state index contributed by atoms with van der Waals surface area (Å²) in [6.45, 7) is 14.5. The third kappa shape index (κ3) is 4.95. The highest BCUT2D eigenvalue weighted by Crippen LogP contribution is 2.50. The predicted molar refractivity (Wildman–Crippen MR) is 142 cm³/mol. The predicted octanol–water partition coefficient (Wildman–Crippen LogP) is 4.05. The van der Waals surface area contributed by atoms with Gasteiger partial charge in [-0.15, -0.1) is 0 Å². The maximum Gasteiger partial charge on any atom is 0.259 e. The third-order valence-corrected chi connectivity index (χ3v) is 7.84. The van der Waals surface area contributed by atoms with Crippen molar-refractivity contribution >= 4 is 0 Å². The summed E-state index contributed by atoms with van der Waals surface area (Å²) in [5.41, 5.74) is 1.96. The number of hydrogen-bond acceptors (Lipinski definition) is 8. The Morgan fingerprint density at radius 3 is 2.38 bits per heavy atom. The lowest BCUT2D eigenvalue weighted by Gasteiger charge is -2.55. The van der Waals surface area contributed by atoms with Crippen LogP contribution in [0.25, 0.3) is 11.5 Å². The Labute approximate surface area is 219 Å². The van der Waals surface area contributed by atoms with Crippen molar-refractivity contribution in [2.75, 3.05) is 33.2 Å². The van der Waals surface area contributed by atoms with Crippen LogP contribution in [0.2, 0.25) is 0 Å². The van der Waals surface area contributed by atoms with E-state index in [-0.39, 0.29) is 17.6 Å². The van der Waals surface area contributed by atoms with Crippen LogP contribution in [0.4, 0.5) is 0 Å². The standard InChI is InChI=1S/C29H39N5O3/c1-19(2)22-7-9-24(10-8-22)29(35,28(5)17-33(6)18-28)25-11-23(12-30-13-25)27-31-26(32-37-27)16-34-14-20(3)36-21(4)15-34/h7-13,19-21,35H,14-18H2,1-6H3/t20?,21?,29-/m0/s1. The maximum atomic E-state index is 12.5. The van der Waals surface area contributed by atoms with E-state index in [9.17, 15) is 5.11 Å². The Bertz CT molecular complexity index is 1210. The second-order valence-corrected chi connectivity index (χ2v) is 11.6. The lowest BCUT2D eigenvalue weighted by Crippen LogP contribution is -2.63. The van der Waals surface area contributed by atoms with Crippen LogP contribution < -0.4 is 0 Å². The fraction of sp³-hybridized carbons (Fsp3) is 0.552. The Balaban J connectivity index is 1.45. The van der Waals surface area contributed by atoms with Crippen LogP contribution in [-0.4, -0.2) is 75.5 Å². The van der Waals surface area contributed by atoms with Crippen LogP contribution in [0.15, 0.2) is 47.2 Å². The fourth-order valence-corrected chi connectivity index (χ4v) is 6.15.